The van der Waals surface area contributed by atoms with Gasteiger partial charge in [-0.2, -0.15) is 0 Å². The van der Waals surface area contributed by atoms with Crippen LogP contribution in [0.25, 0.3) is 0 Å². The van der Waals surface area contributed by atoms with Crippen molar-refractivity contribution in [2.75, 3.05) is 6.54 Å². The van der Waals surface area contributed by atoms with E-state index in [0.29, 0.717) is 22.9 Å². The van der Waals surface area contributed by atoms with E-state index >= 15 is 0 Å². The van der Waals surface area contributed by atoms with Crippen LogP contribution in [0.3, 0.4) is 0 Å². The summed E-state index contributed by atoms with van der Waals surface area (Å²) in [4.78, 5) is 0. The molecule has 0 saturated heterocycles. The van der Waals surface area contributed by atoms with Gasteiger partial charge in [-0.1, -0.05) is 23.4 Å². The number of hydrogen-bond donors (Lipinski definition) is 1. The molecular weight excluding hydrogens is 289 g/mol. The maximum absolute atomic E-state index is 13.2. The van der Waals surface area contributed by atoms with Crippen molar-refractivity contribution in [1.82, 2.24) is 0 Å². The van der Waals surface area contributed by atoms with E-state index < -0.39 is 0 Å². The summed E-state index contributed by atoms with van der Waals surface area (Å²) in [5.74, 6) is 6.15. The van der Waals surface area contributed by atoms with Gasteiger partial charge >= 0.3 is 0 Å². The van der Waals surface area contributed by atoms with Gasteiger partial charge in [0.05, 0.1) is 6.54 Å². The number of ether oxygens (including phenoxy) is 1. The molecule has 0 aliphatic heterocycles. The monoisotopic (exact) mass is 303 g/mol. The minimum Gasteiger partial charge on any atom is -0.489 e. The van der Waals surface area contributed by atoms with Crippen LogP contribution in [-0.2, 0) is 6.61 Å². The third kappa shape index (κ3) is 4.22. The van der Waals surface area contributed by atoms with Crippen LogP contribution in [0, 0.1) is 24.6 Å². The molecule has 21 heavy (non-hydrogen) atoms. The molecule has 0 heterocycles. The number of aryl methyl sites for hydroxylation is 1. The Morgan fingerprint density at radius 1 is 1.24 bits per heavy atom. The van der Waals surface area contributed by atoms with Crippen LogP contribution >= 0.6 is 11.6 Å². The molecule has 2 rings (SSSR count). The van der Waals surface area contributed by atoms with Gasteiger partial charge in [0.2, 0.25) is 0 Å². The zero-order valence-corrected chi connectivity index (χ0v) is 12.4. The van der Waals surface area contributed by atoms with E-state index in [-0.39, 0.29) is 12.4 Å². The van der Waals surface area contributed by atoms with Crippen molar-refractivity contribution in [3.8, 4) is 17.6 Å². The van der Waals surface area contributed by atoms with E-state index in [4.69, 9.17) is 22.1 Å². The molecule has 2 N–H and O–H groups in total. The Kier molecular flexibility index (Phi) is 5.21. The largest absolute Gasteiger partial charge is 0.489 e. The summed E-state index contributed by atoms with van der Waals surface area (Å²) < 4.78 is 18.9. The van der Waals surface area contributed by atoms with Crippen LogP contribution in [0.15, 0.2) is 36.4 Å². The molecule has 0 aromatic heterocycles. The van der Waals surface area contributed by atoms with E-state index in [2.05, 4.69) is 11.8 Å². The number of rotatable bonds is 3. The first kappa shape index (κ1) is 15.4. The van der Waals surface area contributed by atoms with Crippen molar-refractivity contribution in [2.45, 2.75) is 13.5 Å². The first-order valence-corrected chi connectivity index (χ1v) is 6.84. The maximum Gasteiger partial charge on any atom is 0.123 e. The molecule has 0 atom stereocenters. The SMILES string of the molecule is Cc1cc(C#CCN)ccc1OCc1cc(F)ccc1Cl. The molecule has 0 aliphatic rings. The molecule has 4 heteroatoms. The molecule has 0 saturated carbocycles. The predicted molar refractivity (Wildman–Crippen MR) is 82.9 cm³/mol. The molecule has 0 fully saturated rings. The summed E-state index contributed by atoms with van der Waals surface area (Å²) in [6.07, 6.45) is 0. The van der Waals surface area contributed by atoms with Crippen LogP contribution in [0.1, 0.15) is 16.7 Å². The molecule has 2 aromatic rings. The van der Waals surface area contributed by atoms with Crippen molar-refractivity contribution < 1.29 is 9.13 Å². The van der Waals surface area contributed by atoms with Crippen molar-refractivity contribution in [3.63, 3.8) is 0 Å². The van der Waals surface area contributed by atoms with Gasteiger partial charge in [0.15, 0.2) is 0 Å². The van der Waals surface area contributed by atoms with Gasteiger partial charge in [0, 0.05) is 16.1 Å². The fourth-order valence-corrected chi connectivity index (χ4v) is 2.02. The minimum absolute atomic E-state index is 0.214. The Hall–Kier alpha value is -2.02. The van der Waals surface area contributed by atoms with Gasteiger partial charge in [-0.15, -0.1) is 0 Å². The van der Waals surface area contributed by atoms with Crippen molar-refractivity contribution in [1.29, 1.82) is 0 Å². The second-order valence-electron chi connectivity index (χ2n) is 4.51. The van der Waals surface area contributed by atoms with Gasteiger partial charge in [-0.05, 0) is 48.9 Å². The Bertz CT molecular complexity index is 704. The third-order valence-electron chi connectivity index (χ3n) is 2.90. The maximum atomic E-state index is 13.2. The van der Waals surface area contributed by atoms with Gasteiger partial charge in [0.25, 0.3) is 0 Å². The van der Waals surface area contributed by atoms with Crippen LogP contribution < -0.4 is 10.5 Å². The summed E-state index contributed by atoms with van der Waals surface area (Å²) in [5.41, 5.74) is 7.79. The molecule has 0 radical (unpaired) electrons. The molecule has 0 aliphatic carbocycles. The van der Waals surface area contributed by atoms with E-state index in [1.807, 2.05) is 25.1 Å². The Morgan fingerprint density at radius 3 is 2.76 bits per heavy atom. The van der Waals surface area contributed by atoms with Crippen molar-refractivity contribution in [3.05, 3.63) is 63.9 Å². The summed E-state index contributed by atoms with van der Waals surface area (Å²) in [7, 11) is 0. The van der Waals surface area contributed by atoms with Crippen LogP contribution in [0.4, 0.5) is 4.39 Å². The van der Waals surface area contributed by atoms with E-state index in [0.717, 1.165) is 11.1 Å². The second kappa shape index (κ2) is 7.12. The lowest BCUT2D eigenvalue weighted by atomic mass is 10.1. The highest BCUT2D eigenvalue weighted by atomic mass is 35.5. The summed E-state index contributed by atoms with van der Waals surface area (Å²) >= 11 is 6.01. The van der Waals surface area contributed by atoms with Crippen LogP contribution in [-0.4, -0.2) is 6.54 Å². The zero-order valence-electron chi connectivity index (χ0n) is 11.6. The number of hydrogen-bond acceptors (Lipinski definition) is 2. The number of halogens is 2. The molecule has 0 amide bonds. The summed E-state index contributed by atoms with van der Waals surface area (Å²) in [5, 5.41) is 0.486. The molecule has 0 bridgehead atoms. The molecule has 2 nitrogen and oxygen atoms in total. The van der Waals surface area contributed by atoms with Gasteiger partial charge in [-0.25, -0.2) is 4.39 Å². The zero-order chi connectivity index (χ0) is 15.2. The van der Waals surface area contributed by atoms with Crippen LogP contribution in [0.2, 0.25) is 5.02 Å². The first-order valence-electron chi connectivity index (χ1n) is 6.46. The minimum atomic E-state index is -0.331. The molecule has 2 aromatic carbocycles. The van der Waals surface area contributed by atoms with Crippen LogP contribution in [0.5, 0.6) is 5.75 Å². The van der Waals surface area contributed by atoms with Gasteiger partial charge in [0.1, 0.15) is 18.2 Å². The fourth-order valence-electron chi connectivity index (χ4n) is 1.85. The molecule has 0 unspecified atom stereocenters. The average Bonchev–Trinajstić information content (AvgIpc) is 2.47. The Balaban J connectivity index is 2.11. The first-order chi connectivity index (χ1) is 10.1. The summed E-state index contributed by atoms with van der Waals surface area (Å²) in [6.45, 7) is 2.47. The van der Waals surface area contributed by atoms with E-state index in [1.54, 1.807) is 0 Å². The molecule has 0 spiro atoms. The van der Waals surface area contributed by atoms with E-state index in [9.17, 15) is 4.39 Å². The lowest BCUT2D eigenvalue weighted by molar-refractivity contribution is 0.303. The highest BCUT2D eigenvalue weighted by Gasteiger charge is 2.05. The quantitative estimate of drug-likeness (QED) is 0.878. The second-order valence-corrected chi connectivity index (χ2v) is 4.92. The van der Waals surface area contributed by atoms with E-state index in [1.165, 1.54) is 18.2 Å². The normalized spacial score (nSPS) is 9.90. The highest BCUT2D eigenvalue weighted by Crippen LogP contribution is 2.23. The molecular formula is C17H15ClFNO. The lowest BCUT2D eigenvalue weighted by Gasteiger charge is -2.10. The number of benzene rings is 2. The van der Waals surface area contributed by atoms with Crippen molar-refractivity contribution >= 4 is 11.6 Å². The average molecular weight is 304 g/mol. The highest BCUT2D eigenvalue weighted by molar-refractivity contribution is 6.31. The topological polar surface area (TPSA) is 35.2 Å². The lowest BCUT2D eigenvalue weighted by Crippen LogP contribution is -1.99. The smallest absolute Gasteiger partial charge is 0.123 e. The van der Waals surface area contributed by atoms with Gasteiger partial charge < -0.3 is 10.5 Å². The standard InChI is InChI=1S/C17H15ClFNO/c1-12-9-13(3-2-8-20)4-7-17(12)21-11-14-10-15(19)5-6-16(14)18/h4-7,9-10H,8,11,20H2,1H3. The Labute approximate surface area is 128 Å². The molecule has 108 valence electrons. The summed E-state index contributed by atoms with van der Waals surface area (Å²) in [6, 6.07) is 9.83. The Morgan fingerprint density at radius 2 is 2.05 bits per heavy atom. The van der Waals surface area contributed by atoms with Gasteiger partial charge in [-0.3, -0.25) is 0 Å². The fraction of sp³-hybridized carbons (Fsp3) is 0.176. The van der Waals surface area contributed by atoms with Crippen molar-refractivity contribution in [2.24, 2.45) is 5.73 Å². The predicted octanol–water partition coefficient (Wildman–Crippen LogP) is 3.68. The number of nitrogens with two attached hydrogens (primary N) is 1. The third-order valence-corrected chi connectivity index (χ3v) is 3.27.